The first-order chi connectivity index (χ1) is 7.98. The number of carbonyl (C=O) groups is 1. The molecule has 0 aromatic carbocycles. The summed E-state index contributed by atoms with van der Waals surface area (Å²) in [6, 6.07) is 3.59. The summed E-state index contributed by atoms with van der Waals surface area (Å²) in [6.07, 6.45) is 2.10. The Kier molecular flexibility index (Phi) is 5.24. The van der Waals surface area contributed by atoms with Crippen LogP contribution in [0.15, 0.2) is 23.4 Å². The van der Waals surface area contributed by atoms with Gasteiger partial charge in [0, 0.05) is 11.9 Å². The minimum Gasteiger partial charge on any atom is -0.480 e. The van der Waals surface area contributed by atoms with Gasteiger partial charge in [0.25, 0.3) is 0 Å². The Morgan fingerprint density at radius 3 is 2.82 bits per heavy atom. The van der Waals surface area contributed by atoms with Crippen molar-refractivity contribution in [3.8, 4) is 0 Å². The van der Waals surface area contributed by atoms with Gasteiger partial charge in [0.05, 0.1) is 10.0 Å². The van der Waals surface area contributed by atoms with Crippen molar-refractivity contribution in [2.45, 2.75) is 23.9 Å². The minimum absolute atomic E-state index is 0.522. The zero-order valence-corrected chi connectivity index (χ0v) is 11.3. The number of nitrogens with zero attached hydrogens (tertiary/aromatic N) is 1. The minimum atomic E-state index is -0.889. The Hall–Kier alpha value is -0.780. The molecule has 0 spiro atoms. The zero-order valence-electron chi connectivity index (χ0n) is 9.74. The second-order valence-corrected chi connectivity index (χ2v) is 5.35. The molecular formula is C11H15ClN2O2S. The first-order valence-electron chi connectivity index (χ1n) is 5.14. The zero-order chi connectivity index (χ0) is 12.9. The normalized spacial score (nSPS) is 14.3. The molecule has 1 atom stereocenters. The lowest BCUT2D eigenvalue weighted by Crippen LogP contribution is -2.47. The van der Waals surface area contributed by atoms with Crippen molar-refractivity contribution in [2.24, 2.45) is 0 Å². The predicted octanol–water partition coefficient (Wildman–Crippen LogP) is 2.28. The van der Waals surface area contributed by atoms with E-state index in [1.807, 2.05) is 6.07 Å². The van der Waals surface area contributed by atoms with Crippen LogP contribution in [0.2, 0.25) is 5.02 Å². The topological polar surface area (TPSA) is 62.2 Å². The molecule has 1 rings (SSSR count). The van der Waals surface area contributed by atoms with Gasteiger partial charge in [-0.2, -0.15) is 0 Å². The van der Waals surface area contributed by atoms with E-state index in [1.165, 1.54) is 11.8 Å². The number of aromatic nitrogens is 1. The molecule has 17 heavy (non-hydrogen) atoms. The number of hydrogen-bond donors (Lipinski definition) is 2. The summed E-state index contributed by atoms with van der Waals surface area (Å²) < 4.78 is 0. The number of carboxylic acids is 1. The molecule has 4 nitrogen and oxygen atoms in total. The summed E-state index contributed by atoms with van der Waals surface area (Å²) >= 11 is 7.24. The molecule has 0 bridgehead atoms. The van der Waals surface area contributed by atoms with Crippen LogP contribution in [0.25, 0.3) is 0 Å². The third-order valence-corrected chi connectivity index (χ3v) is 3.75. The van der Waals surface area contributed by atoms with Crippen LogP contribution in [-0.4, -0.2) is 34.4 Å². The standard InChI is InChI=1S/C11H15ClN2O2S/c1-11(13-2,10(15)16)5-6-17-9-4-3-8(12)7-14-9/h3-4,7,13H,5-6H2,1-2H3,(H,15,16). The lowest BCUT2D eigenvalue weighted by Gasteiger charge is -2.23. The van der Waals surface area contributed by atoms with E-state index in [1.54, 1.807) is 26.2 Å². The fraction of sp³-hybridized carbons (Fsp3) is 0.455. The molecule has 0 fully saturated rings. The first-order valence-corrected chi connectivity index (χ1v) is 6.51. The summed E-state index contributed by atoms with van der Waals surface area (Å²) in [7, 11) is 1.65. The van der Waals surface area contributed by atoms with E-state index in [4.69, 9.17) is 16.7 Å². The first kappa shape index (κ1) is 14.3. The number of rotatable bonds is 6. The van der Waals surface area contributed by atoms with Crippen molar-refractivity contribution in [1.29, 1.82) is 0 Å². The van der Waals surface area contributed by atoms with E-state index < -0.39 is 11.5 Å². The molecule has 1 aromatic rings. The van der Waals surface area contributed by atoms with Crippen molar-refractivity contribution in [3.05, 3.63) is 23.4 Å². The second kappa shape index (κ2) is 6.23. The lowest BCUT2D eigenvalue weighted by atomic mass is 10.00. The molecule has 0 aliphatic heterocycles. The van der Waals surface area contributed by atoms with Crippen LogP contribution < -0.4 is 5.32 Å². The van der Waals surface area contributed by atoms with Gasteiger partial charge in [-0.15, -0.1) is 11.8 Å². The van der Waals surface area contributed by atoms with Crippen molar-refractivity contribution in [1.82, 2.24) is 10.3 Å². The van der Waals surface area contributed by atoms with Crippen LogP contribution in [0.4, 0.5) is 0 Å². The number of halogens is 1. The highest BCUT2D eigenvalue weighted by Crippen LogP contribution is 2.21. The van der Waals surface area contributed by atoms with Gasteiger partial charge in [0.2, 0.25) is 0 Å². The molecule has 1 unspecified atom stereocenters. The second-order valence-electron chi connectivity index (χ2n) is 3.80. The summed E-state index contributed by atoms with van der Waals surface area (Å²) in [5, 5.41) is 13.3. The number of aliphatic carboxylic acids is 1. The van der Waals surface area contributed by atoms with Crippen LogP contribution in [-0.2, 0) is 4.79 Å². The van der Waals surface area contributed by atoms with Crippen molar-refractivity contribution < 1.29 is 9.90 Å². The predicted molar refractivity (Wildman–Crippen MR) is 69.7 cm³/mol. The smallest absolute Gasteiger partial charge is 0.323 e. The van der Waals surface area contributed by atoms with Gasteiger partial charge in [-0.05, 0) is 32.5 Å². The third-order valence-electron chi connectivity index (χ3n) is 2.58. The Morgan fingerprint density at radius 2 is 2.35 bits per heavy atom. The number of likely N-dealkylation sites (N-methyl/N-ethyl adjacent to an activating group) is 1. The summed E-state index contributed by atoms with van der Waals surface area (Å²) in [5.41, 5.74) is -0.889. The van der Waals surface area contributed by atoms with E-state index in [2.05, 4.69) is 10.3 Å². The third kappa shape index (κ3) is 4.18. The van der Waals surface area contributed by atoms with E-state index in [0.717, 1.165) is 5.03 Å². The Morgan fingerprint density at radius 1 is 1.65 bits per heavy atom. The van der Waals surface area contributed by atoms with E-state index >= 15 is 0 Å². The number of hydrogen-bond acceptors (Lipinski definition) is 4. The molecule has 6 heteroatoms. The van der Waals surface area contributed by atoms with Gasteiger partial charge in [0.1, 0.15) is 5.54 Å². The number of nitrogens with one attached hydrogen (secondary N) is 1. The number of thioether (sulfide) groups is 1. The molecule has 1 aromatic heterocycles. The van der Waals surface area contributed by atoms with E-state index in [9.17, 15) is 4.79 Å². The van der Waals surface area contributed by atoms with Gasteiger partial charge in [-0.3, -0.25) is 4.79 Å². The molecule has 0 saturated carbocycles. The summed E-state index contributed by atoms with van der Waals surface area (Å²) in [6.45, 7) is 1.67. The molecule has 0 aliphatic rings. The Bertz CT molecular complexity index is 386. The van der Waals surface area contributed by atoms with E-state index in [0.29, 0.717) is 17.2 Å². The molecular weight excluding hydrogens is 260 g/mol. The fourth-order valence-electron chi connectivity index (χ4n) is 1.15. The summed E-state index contributed by atoms with van der Waals surface area (Å²) in [5.74, 6) is -0.164. The summed E-state index contributed by atoms with van der Waals surface area (Å²) in [4.78, 5) is 15.2. The molecule has 2 N–H and O–H groups in total. The van der Waals surface area contributed by atoms with Gasteiger partial charge in [0.15, 0.2) is 0 Å². The van der Waals surface area contributed by atoms with E-state index in [-0.39, 0.29) is 0 Å². The molecule has 0 radical (unpaired) electrons. The lowest BCUT2D eigenvalue weighted by molar-refractivity contribution is -0.144. The van der Waals surface area contributed by atoms with Crippen LogP contribution in [0.3, 0.4) is 0 Å². The van der Waals surface area contributed by atoms with Gasteiger partial charge in [-0.25, -0.2) is 4.98 Å². The van der Waals surface area contributed by atoms with Crippen LogP contribution in [0.5, 0.6) is 0 Å². The highest BCUT2D eigenvalue weighted by molar-refractivity contribution is 7.99. The maximum Gasteiger partial charge on any atom is 0.323 e. The highest BCUT2D eigenvalue weighted by Gasteiger charge is 2.30. The molecule has 1 heterocycles. The SMILES string of the molecule is CNC(C)(CCSc1ccc(Cl)cn1)C(=O)O. The molecule has 0 aliphatic carbocycles. The maximum absolute atomic E-state index is 11.0. The average molecular weight is 275 g/mol. The monoisotopic (exact) mass is 274 g/mol. The van der Waals surface area contributed by atoms with Crippen LogP contribution >= 0.6 is 23.4 Å². The number of pyridine rings is 1. The van der Waals surface area contributed by atoms with Gasteiger partial charge < -0.3 is 10.4 Å². The number of carboxylic acid groups (broad SMARTS) is 1. The van der Waals surface area contributed by atoms with Crippen LogP contribution in [0.1, 0.15) is 13.3 Å². The van der Waals surface area contributed by atoms with Crippen molar-refractivity contribution in [3.63, 3.8) is 0 Å². The molecule has 0 amide bonds. The highest BCUT2D eigenvalue weighted by atomic mass is 35.5. The van der Waals surface area contributed by atoms with Gasteiger partial charge >= 0.3 is 5.97 Å². The molecule has 0 saturated heterocycles. The Labute approximate surface area is 110 Å². The quantitative estimate of drug-likeness (QED) is 0.780. The van der Waals surface area contributed by atoms with Crippen molar-refractivity contribution >= 4 is 29.3 Å². The molecule has 94 valence electrons. The largest absolute Gasteiger partial charge is 0.480 e. The Balaban J connectivity index is 2.47. The van der Waals surface area contributed by atoms with Crippen molar-refractivity contribution in [2.75, 3.05) is 12.8 Å². The maximum atomic E-state index is 11.0. The van der Waals surface area contributed by atoms with Gasteiger partial charge in [-0.1, -0.05) is 11.6 Å². The fourth-order valence-corrected chi connectivity index (χ4v) is 2.27. The van der Waals surface area contributed by atoms with Crippen LogP contribution in [0, 0.1) is 0 Å². The average Bonchev–Trinajstić information content (AvgIpc) is 2.31.